The lowest BCUT2D eigenvalue weighted by molar-refractivity contribution is -0.558. The summed E-state index contributed by atoms with van der Waals surface area (Å²) < 4.78 is 1.96. The molecular formula is C15H23N6O2+. The number of urea groups is 1. The number of likely N-dealkylation sites (N-methyl/N-ethyl adjacent to an activating group) is 1. The standard InChI is InChI=1S/C15H23N6O2/c1-6-7-8-20-13(22)11-12(18(4)15(20)23)16-14-19(5)17-9(2)10(3)21(11)14/h10-11H,6-8H2,1-5H3/q+1. The summed E-state index contributed by atoms with van der Waals surface area (Å²) in [5.74, 6) is 0.921. The van der Waals surface area contributed by atoms with Crippen LogP contribution in [0, 0.1) is 0 Å². The highest BCUT2D eigenvalue weighted by atomic mass is 16.2. The Bertz CT molecular complexity index is 665. The summed E-state index contributed by atoms with van der Waals surface area (Å²) in [4.78, 5) is 32.8. The van der Waals surface area contributed by atoms with Crippen molar-refractivity contribution in [2.45, 2.75) is 45.7 Å². The Hall–Kier alpha value is -2.25. The zero-order valence-corrected chi connectivity index (χ0v) is 14.3. The van der Waals surface area contributed by atoms with Crippen LogP contribution >= 0.6 is 0 Å². The Morgan fingerprint density at radius 2 is 1.96 bits per heavy atom. The Morgan fingerprint density at radius 3 is 2.61 bits per heavy atom. The number of fused-ring (bicyclic) bond motifs is 2. The SMILES string of the molecule is CCCCN1C(=O)C2C(=NC3=[N+]2C(C)C(C)=NN3C)N(C)C1=O. The number of carbonyl (C=O) groups is 2. The van der Waals surface area contributed by atoms with Gasteiger partial charge in [0.1, 0.15) is 6.04 Å². The number of hydrogen-bond donors (Lipinski definition) is 0. The number of hydrogen-bond acceptors (Lipinski definition) is 5. The second kappa shape index (κ2) is 5.43. The number of imide groups is 1. The number of amides is 3. The molecule has 0 N–H and O–H groups in total. The molecule has 0 spiro atoms. The molecule has 0 aromatic rings. The number of aliphatic imine (C=N–C) groups is 1. The minimum absolute atomic E-state index is 0.0361. The molecule has 23 heavy (non-hydrogen) atoms. The molecule has 0 aromatic heterocycles. The Labute approximate surface area is 135 Å². The second-order valence-electron chi connectivity index (χ2n) is 6.21. The first-order valence-corrected chi connectivity index (χ1v) is 8.00. The van der Waals surface area contributed by atoms with Crippen molar-refractivity contribution in [3.05, 3.63) is 0 Å². The lowest BCUT2D eigenvalue weighted by Crippen LogP contribution is -2.64. The number of nitrogens with zero attached hydrogens (tertiary/aromatic N) is 6. The van der Waals surface area contributed by atoms with Gasteiger partial charge in [-0.3, -0.25) is 14.6 Å². The normalized spacial score (nSPS) is 27.3. The third-order valence-corrected chi connectivity index (χ3v) is 4.68. The molecule has 0 saturated carbocycles. The number of hydrazone groups is 1. The van der Waals surface area contributed by atoms with Crippen LogP contribution in [0.3, 0.4) is 0 Å². The fourth-order valence-electron chi connectivity index (χ4n) is 3.19. The molecule has 3 heterocycles. The molecule has 0 aromatic carbocycles. The largest absolute Gasteiger partial charge is 0.416 e. The summed E-state index contributed by atoms with van der Waals surface area (Å²) in [6, 6.07) is -0.884. The summed E-state index contributed by atoms with van der Waals surface area (Å²) in [5, 5.41) is 6.11. The average Bonchev–Trinajstić information content (AvgIpc) is 2.92. The van der Waals surface area contributed by atoms with Gasteiger partial charge in [0.2, 0.25) is 11.9 Å². The number of carbonyl (C=O) groups excluding carboxylic acids is 2. The van der Waals surface area contributed by atoms with Crippen LogP contribution in [-0.2, 0) is 4.79 Å². The van der Waals surface area contributed by atoms with Crippen LogP contribution < -0.4 is 0 Å². The first kappa shape index (κ1) is 15.6. The van der Waals surface area contributed by atoms with Crippen LogP contribution in [0.15, 0.2) is 10.1 Å². The van der Waals surface area contributed by atoms with E-state index in [1.807, 2.05) is 25.3 Å². The van der Waals surface area contributed by atoms with Gasteiger partial charge in [-0.1, -0.05) is 18.3 Å². The van der Waals surface area contributed by atoms with E-state index in [0.29, 0.717) is 18.3 Å². The van der Waals surface area contributed by atoms with Gasteiger partial charge < -0.3 is 0 Å². The van der Waals surface area contributed by atoms with E-state index in [2.05, 4.69) is 10.1 Å². The van der Waals surface area contributed by atoms with Gasteiger partial charge in [-0.2, -0.15) is 0 Å². The van der Waals surface area contributed by atoms with E-state index >= 15 is 0 Å². The Morgan fingerprint density at radius 1 is 1.26 bits per heavy atom. The van der Waals surface area contributed by atoms with Crippen LogP contribution in [0.1, 0.15) is 33.6 Å². The highest BCUT2D eigenvalue weighted by molar-refractivity contribution is 6.23. The predicted octanol–water partition coefficient (Wildman–Crippen LogP) is 0.540. The molecule has 3 aliphatic rings. The van der Waals surface area contributed by atoms with Crippen LogP contribution in [0.25, 0.3) is 0 Å². The minimum atomic E-state index is -0.549. The molecule has 0 bridgehead atoms. The van der Waals surface area contributed by atoms with Crippen LogP contribution in [0.2, 0.25) is 0 Å². The smallest absolute Gasteiger partial charge is 0.270 e. The molecule has 2 atom stereocenters. The fraction of sp³-hybridized carbons (Fsp3) is 0.667. The summed E-state index contributed by atoms with van der Waals surface area (Å²) >= 11 is 0. The van der Waals surface area contributed by atoms with Gasteiger partial charge in [0.05, 0.1) is 12.8 Å². The van der Waals surface area contributed by atoms with Crippen molar-refractivity contribution in [3.63, 3.8) is 0 Å². The third-order valence-electron chi connectivity index (χ3n) is 4.68. The lowest BCUT2D eigenvalue weighted by Gasteiger charge is -2.35. The summed E-state index contributed by atoms with van der Waals surface area (Å²) in [5.41, 5.74) is 0.917. The molecule has 2 unspecified atom stereocenters. The zero-order chi connectivity index (χ0) is 16.9. The van der Waals surface area contributed by atoms with E-state index in [9.17, 15) is 9.59 Å². The number of unbranched alkanes of at least 4 members (excludes halogenated alkanes) is 1. The minimum Gasteiger partial charge on any atom is -0.270 e. The molecule has 124 valence electrons. The monoisotopic (exact) mass is 319 g/mol. The number of rotatable bonds is 3. The lowest BCUT2D eigenvalue weighted by atomic mass is 10.1. The average molecular weight is 319 g/mol. The van der Waals surface area contributed by atoms with Crippen molar-refractivity contribution < 1.29 is 14.2 Å². The van der Waals surface area contributed by atoms with E-state index < -0.39 is 6.04 Å². The van der Waals surface area contributed by atoms with Gasteiger partial charge in [-0.15, -0.1) is 10.1 Å². The van der Waals surface area contributed by atoms with Crippen molar-refractivity contribution in [3.8, 4) is 0 Å². The molecule has 1 fully saturated rings. The van der Waals surface area contributed by atoms with Gasteiger partial charge in [0.15, 0.2) is 0 Å². The van der Waals surface area contributed by atoms with Crippen molar-refractivity contribution in [1.82, 2.24) is 14.8 Å². The van der Waals surface area contributed by atoms with Crippen molar-refractivity contribution in [1.29, 1.82) is 0 Å². The van der Waals surface area contributed by atoms with E-state index in [-0.39, 0.29) is 18.0 Å². The van der Waals surface area contributed by atoms with Crippen LogP contribution in [0.4, 0.5) is 4.79 Å². The van der Waals surface area contributed by atoms with E-state index in [4.69, 9.17) is 0 Å². The van der Waals surface area contributed by atoms with Gasteiger partial charge in [0, 0.05) is 13.6 Å². The molecule has 0 aliphatic carbocycles. The predicted molar refractivity (Wildman–Crippen MR) is 86.6 cm³/mol. The van der Waals surface area contributed by atoms with Gasteiger partial charge >= 0.3 is 12.0 Å². The maximum Gasteiger partial charge on any atom is 0.416 e. The second-order valence-corrected chi connectivity index (χ2v) is 6.21. The van der Waals surface area contributed by atoms with Crippen molar-refractivity contribution in [2.24, 2.45) is 10.1 Å². The van der Waals surface area contributed by atoms with Gasteiger partial charge in [0.25, 0.3) is 5.91 Å². The molecule has 3 amide bonds. The number of guanidine groups is 1. The molecule has 8 nitrogen and oxygen atoms in total. The third kappa shape index (κ3) is 2.15. The first-order chi connectivity index (χ1) is 10.9. The van der Waals surface area contributed by atoms with Gasteiger partial charge in [-0.25, -0.2) is 9.37 Å². The maximum atomic E-state index is 13.0. The first-order valence-electron chi connectivity index (χ1n) is 8.00. The molecule has 0 radical (unpaired) electrons. The molecule has 8 heteroatoms. The Balaban J connectivity index is 2.01. The molecular weight excluding hydrogens is 296 g/mol. The van der Waals surface area contributed by atoms with Crippen molar-refractivity contribution in [2.75, 3.05) is 20.6 Å². The van der Waals surface area contributed by atoms with Crippen LogP contribution in [0.5, 0.6) is 0 Å². The fourth-order valence-corrected chi connectivity index (χ4v) is 3.19. The summed E-state index contributed by atoms with van der Waals surface area (Å²) in [6.07, 6.45) is 1.73. The number of amidine groups is 1. The van der Waals surface area contributed by atoms with Gasteiger partial charge in [-0.05, 0) is 20.3 Å². The topological polar surface area (TPSA) is 71.6 Å². The maximum absolute atomic E-state index is 13.0. The Kier molecular flexibility index (Phi) is 3.69. The van der Waals surface area contributed by atoms with E-state index in [1.165, 1.54) is 9.80 Å². The zero-order valence-electron chi connectivity index (χ0n) is 14.3. The quantitative estimate of drug-likeness (QED) is 0.713. The molecule has 3 aliphatic heterocycles. The summed E-state index contributed by atoms with van der Waals surface area (Å²) in [7, 11) is 3.48. The highest BCUT2D eigenvalue weighted by Crippen LogP contribution is 2.24. The van der Waals surface area contributed by atoms with Crippen LogP contribution in [-0.4, -0.2) is 81.6 Å². The highest BCUT2D eigenvalue weighted by Gasteiger charge is 2.55. The van der Waals surface area contributed by atoms with E-state index in [1.54, 1.807) is 19.1 Å². The molecule has 1 saturated heterocycles. The van der Waals surface area contributed by atoms with E-state index in [0.717, 1.165) is 18.6 Å². The molecule has 3 rings (SSSR count). The summed E-state index contributed by atoms with van der Waals surface area (Å²) in [6.45, 7) is 6.43. The van der Waals surface area contributed by atoms with Crippen molar-refractivity contribution >= 4 is 29.4 Å².